The summed E-state index contributed by atoms with van der Waals surface area (Å²) in [4.78, 5) is 72.2. The van der Waals surface area contributed by atoms with Gasteiger partial charge in [-0.1, -0.05) is 280 Å². The molecule has 0 amide bonds. The van der Waals surface area contributed by atoms with Gasteiger partial charge < -0.3 is 33.8 Å². The zero-order valence-corrected chi connectivity index (χ0v) is 57.6. The van der Waals surface area contributed by atoms with Gasteiger partial charge in [0.05, 0.1) is 26.4 Å². The average molecular weight is 1270 g/mol. The topological polar surface area (TPSA) is 237 Å². The molecular weight excluding hydrogens is 1140 g/mol. The Morgan fingerprint density at radius 2 is 0.593 bits per heavy atom. The van der Waals surface area contributed by atoms with Crippen molar-refractivity contribution in [1.29, 1.82) is 0 Å². The predicted octanol–water partition coefficient (Wildman–Crippen LogP) is 18.7. The Morgan fingerprint density at radius 3 is 0.884 bits per heavy atom. The number of hydrogen-bond donors (Lipinski definition) is 3. The highest BCUT2D eigenvalue weighted by Gasteiger charge is 2.30. The maximum Gasteiger partial charge on any atom is 0.472 e. The molecule has 0 heterocycles. The number of carbonyl (C=O) groups is 4. The Labute approximate surface area is 524 Å². The SMILES string of the molecule is CCCCCCCCCC(=O)OC[C@H](COP(=O)(O)OC[C@H](O)COP(=O)(O)OC[C@@H](COC(=O)CCCCCCCCCC(C)C)OC(=O)CCCCCCCCCCCCCCCCCCC(C)C)OC(=O)CCCCCCCCC(C)CC. The number of phosphoric acid groups is 2. The van der Waals surface area contributed by atoms with E-state index in [1.54, 1.807) is 0 Å². The fourth-order valence-corrected chi connectivity index (χ4v) is 11.6. The van der Waals surface area contributed by atoms with Crippen molar-refractivity contribution in [2.45, 2.75) is 349 Å². The molecule has 0 aliphatic rings. The number of aliphatic hydroxyl groups excluding tert-OH is 1. The lowest BCUT2D eigenvalue weighted by atomic mass is 10.00. The summed E-state index contributed by atoms with van der Waals surface area (Å²) in [5.74, 6) is 0.0955. The fourth-order valence-electron chi connectivity index (χ4n) is 9.98. The average Bonchev–Trinajstić information content (AvgIpc) is 3.57. The second-order valence-electron chi connectivity index (χ2n) is 25.4. The molecule has 0 bridgehead atoms. The van der Waals surface area contributed by atoms with Crippen molar-refractivity contribution in [3.63, 3.8) is 0 Å². The maximum atomic E-state index is 13.0. The molecule has 3 unspecified atom stereocenters. The number of esters is 4. The number of ether oxygens (including phenoxy) is 4. The van der Waals surface area contributed by atoms with E-state index in [-0.39, 0.29) is 25.7 Å². The number of unbranched alkanes of at least 4 members (excludes halogenated alkanes) is 32. The van der Waals surface area contributed by atoms with E-state index in [0.29, 0.717) is 31.6 Å². The van der Waals surface area contributed by atoms with Crippen LogP contribution in [0.15, 0.2) is 0 Å². The quantitative estimate of drug-likeness (QED) is 0.0222. The van der Waals surface area contributed by atoms with Gasteiger partial charge in [0.1, 0.15) is 19.3 Å². The van der Waals surface area contributed by atoms with Crippen LogP contribution < -0.4 is 0 Å². The van der Waals surface area contributed by atoms with E-state index in [9.17, 15) is 43.2 Å². The molecule has 86 heavy (non-hydrogen) atoms. The molecule has 0 aromatic rings. The molecule has 0 radical (unpaired) electrons. The summed E-state index contributed by atoms with van der Waals surface area (Å²) in [7, 11) is -9.89. The molecule has 17 nitrogen and oxygen atoms in total. The zero-order valence-electron chi connectivity index (χ0n) is 55.8. The Bertz CT molecular complexity index is 1700. The van der Waals surface area contributed by atoms with Crippen molar-refractivity contribution in [3.8, 4) is 0 Å². The monoisotopic (exact) mass is 1270 g/mol. The molecule has 0 aromatic heterocycles. The van der Waals surface area contributed by atoms with Gasteiger partial charge in [-0.2, -0.15) is 0 Å². The van der Waals surface area contributed by atoms with E-state index in [1.807, 2.05) is 0 Å². The van der Waals surface area contributed by atoms with Crippen molar-refractivity contribution < 1.29 is 80.2 Å². The Morgan fingerprint density at radius 1 is 0.337 bits per heavy atom. The van der Waals surface area contributed by atoms with Crippen LogP contribution in [0, 0.1) is 17.8 Å². The predicted molar refractivity (Wildman–Crippen MR) is 344 cm³/mol. The smallest absolute Gasteiger partial charge is 0.462 e. The van der Waals surface area contributed by atoms with Gasteiger partial charge in [-0.05, 0) is 43.4 Å². The first kappa shape index (κ1) is 84.1. The van der Waals surface area contributed by atoms with E-state index in [1.165, 1.54) is 122 Å². The Kier molecular flexibility index (Phi) is 56.9. The van der Waals surface area contributed by atoms with Crippen LogP contribution in [0.1, 0.15) is 331 Å². The van der Waals surface area contributed by atoms with E-state index in [4.69, 9.17) is 37.0 Å². The highest BCUT2D eigenvalue weighted by Crippen LogP contribution is 2.45. The van der Waals surface area contributed by atoms with Gasteiger partial charge in [-0.25, -0.2) is 9.13 Å². The van der Waals surface area contributed by atoms with Crippen LogP contribution in [-0.2, 0) is 65.4 Å². The number of phosphoric ester groups is 2. The van der Waals surface area contributed by atoms with Crippen molar-refractivity contribution >= 4 is 39.5 Å². The van der Waals surface area contributed by atoms with Gasteiger partial charge in [0, 0.05) is 25.7 Å². The second kappa shape index (κ2) is 58.2. The molecule has 0 spiro atoms. The van der Waals surface area contributed by atoms with Gasteiger partial charge in [-0.15, -0.1) is 0 Å². The molecule has 0 saturated heterocycles. The molecule has 0 aromatic carbocycles. The Balaban J connectivity index is 5.16. The third kappa shape index (κ3) is 59.7. The molecule has 510 valence electrons. The first-order chi connectivity index (χ1) is 41.3. The standard InChI is InChI=1S/C67H130O17P2/c1-8-10-11-12-24-34-41-48-64(69)77-54-63(84-67(72)51-44-37-30-29-33-40-47-60(7)9-2)57-82-86(75,76)80-53-61(68)52-79-85(73,74)81-56-62(55-78-65(70)49-42-35-28-23-26-32-39-46-59(5)6)83-66(71)50-43-36-27-22-20-18-16-14-13-15-17-19-21-25-31-38-45-58(3)4/h58-63,68H,8-57H2,1-7H3,(H,73,74)(H,75,76)/t60?,61-,62-,63-/m1/s1. The van der Waals surface area contributed by atoms with E-state index in [0.717, 1.165) is 121 Å². The van der Waals surface area contributed by atoms with Crippen LogP contribution in [0.2, 0.25) is 0 Å². The van der Waals surface area contributed by atoms with Crippen LogP contribution in [0.25, 0.3) is 0 Å². The molecule has 0 saturated carbocycles. The van der Waals surface area contributed by atoms with Crippen molar-refractivity contribution in [3.05, 3.63) is 0 Å². The summed E-state index contributed by atoms with van der Waals surface area (Å²) in [6.07, 6.45) is 40.7. The summed E-state index contributed by atoms with van der Waals surface area (Å²) in [5, 5.41) is 10.5. The largest absolute Gasteiger partial charge is 0.472 e. The lowest BCUT2D eigenvalue weighted by Crippen LogP contribution is -2.30. The maximum absolute atomic E-state index is 13.0. The van der Waals surface area contributed by atoms with Gasteiger partial charge in [0.15, 0.2) is 12.2 Å². The summed E-state index contributed by atoms with van der Waals surface area (Å²) >= 11 is 0. The molecule has 6 atom stereocenters. The van der Waals surface area contributed by atoms with Crippen LogP contribution in [0.5, 0.6) is 0 Å². The van der Waals surface area contributed by atoms with Crippen LogP contribution in [-0.4, -0.2) is 96.7 Å². The zero-order chi connectivity index (χ0) is 63.8. The number of rotatable bonds is 65. The minimum Gasteiger partial charge on any atom is -0.462 e. The third-order valence-electron chi connectivity index (χ3n) is 15.7. The molecule has 0 aliphatic heterocycles. The lowest BCUT2D eigenvalue weighted by molar-refractivity contribution is -0.161. The normalized spacial score (nSPS) is 14.6. The van der Waals surface area contributed by atoms with Crippen molar-refractivity contribution in [2.24, 2.45) is 17.8 Å². The number of carbonyl (C=O) groups excluding carboxylic acids is 4. The lowest BCUT2D eigenvalue weighted by Gasteiger charge is -2.21. The highest BCUT2D eigenvalue weighted by atomic mass is 31.2. The second-order valence-corrected chi connectivity index (χ2v) is 28.3. The van der Waals surface area contributed by atoms with Crippen LogP contribution >= 0.6 is 15.6 Å². The van der Waals surface area contributed by atoms with E-state index >= 15 is 0 Å². The summed E-state index contributed by atoms with van der Waals surface area (Å²) in [6, 6.07) is 0. The summed E-state index contributed by atoms with van der Waals surface area (Å²) < 4.78 is 68.0. The number of hydrogen-bond acceptors (Lipinski definition) is 15. The fraction of sp³-hybridized carbons (Fsp3) is 0.940. The highest BCUT2D eigenvalue weighted by molar-refractivity contribution is 7.47. The van der Waals surface area contributed by atoms with Gasteiger partial charge >= 0.3 is 39.5 Å². The third-order valence-corrected chi connectivity index (χ3v) is 17.6. The minimum absolute atomic E-state index is 0.102. The van der Waals surface area contributed by atoms with Gasteiger partial charge in [0.2, 0.25) is 0 Å². The summed E-state index contributed by atoms with van der Waals surface area (Å²) in [5.41, 5.74) is 0. The molecule has 0 fully saturated rings. The van der Waals surface area contributed by atoms with Crippen molar-refractivity contribution in [1.82, 2.24) is 0 Å². The number of aliphatic hydroxyl groups is 1. The molecule has 19 heteroatoms. The molecular formula is C67H130O17P2. The van der Waals surface area contributed by atoms with Crippen molar-refractivity contribution in [2.75, 3.05) is 39.6 Å². The first-order valence-corrected chi connectivity index (χ1v) is 37.9. The van der Waals surface area contributed by atoms with Gasteiger partial charge in [-0.3, -0.25) is 37.3 Å². The van der Waals surface area contributed by atoms with Crippen LogP contribution in [0.4, 0.5) is 0 Å². The Hall–Kier alpha value is -1.94. The summed E-state index contributed by atoms with van der Waals surface area (Å²) in [6.45, 7) is 11.7. The van der Waals surface area contributed by atoms with Gasteiger partial charge in [0.25, 0.3) is 0 Å². The molecule has 0 aliphatic carbocycles. The minimum atomic E-state index is -4.95. The van der Waals surface area contributed by atoms with Crippen LogP contribution in [0.3, 0.4) is 0 Å². The van der Waals surface area contributed by atoms with E-state index < -0.39 is 97.5 Å². The van der Waals surface area contributed by atoms with E-state index in [2.05, 4.69) is 48.5 Å². The molecule has 3 N–H and O–H groups in total. The first-order valence-electron chi connectivity index (χ1n) is 34.9. The molecule has 0 rings (SSSR count).